The molecule has 1 aromatic rings. The first-order chi connectivity index (χ1) is 16.6. The van der Waals surface area contributed by atoms with Gasteiger partial charge in [-0.1, -0.05) is 0 Å². The highest BCUT2D eigenvalue weighted by Crippen LogP contribution is 2.52. The molecule has 1 amide bonds. The first-order valence-corrected chi connectivity index (χ1v) is 11.9. The van der Waals surface area contributed by atoms with Crippen LogP contribution in [0, 0.1) is 11.8 Å². The fraction of sp³-hybridized carbons (Fsp3) is 0.500. The van der Waals surface area contributed by atoms with Gasteiger partial charge in [0, 0.05) is 55.3 Å². The van der Waals surface area contributed by atoms with Crippen LogP contribution in [0.1, 0.15) is 55.1 Å². The van der Waals surface area contributed by atoms with E-state index in [4.69, 9.17) is 5.73 Å². The summed E-state index contributed by atoms with van der Waals surface area (Å²) >= 11 is 0. The van der Waals surface area contributed by atoms with Gasteiger partial charge in [-0.05, 0) is 51.2 Å². The Balaban J connectivity index is 1.89. The molecule has 0 radical (unpaired) electrons. The number of amides is 1. The number of carbonyl (C=O) groups is 3. The standard InChI is InChI=1S/C26H33N3O7/c1-25(2,3)28-10-12-8-15(29(4)5)14-7-11-6-13-9-16(30)19(24(27)35)23(34)26(13,36)22(33)17(11)21(32)18(14)20(12)31/h8,11,13,28,30-31,33,36H,6-7,9-10H2,1-5H3,(H2,27,35)/t11-,13+,26+/m1/s1. The number of Topliss-reactive ketones (excluding diaryl/α,β-unsaturated/α-hetero) is 2. The van der Waals surface area contributed by atoms with E-state index in [9.17, 15) is 34.8 Å². The summed E-state index contributed by atoms with van der Waals surface area (Å²) in [5.41, 5.74) is 3.32. The zero-order valence-corrected chi connectivity index (χ0v) is 21.1. The Morgan fingerprint density at radius 3 is 2.39 bits per heavy atom. The predicted octanol–water partition coefficient (Wildman–Crippen LogP) is 1.53. The van der Waals surface area contributed by atoms with Crippen LogP contribution >= 0.6 is 0 Å². The summed E-state index contributed by atoms with van der Waals surface area (Å²) in [5, 5.41) is 47.3. The number of rotatable bonds is 4. The van der Waals surface area contributed by atoms with E-state index in [1.807, 2.05) is 45.8 Å². The molecule has 0 aromatic heterocycles. The fourth-order valence-corrected chi connectivity index (χ4v) is 5.62. The number of nitrogens with zero attached hydrogens (tertiary/aromatic N) is 1. The average molecular weight is 500 g/mol. The van der Waals surface area contributed by atoms with Crippen molar-refractivity contribution in [2.45, 2.75) is 57.7 Å². The van der Waals surface area contributed by atoms with Crippen LogP contribution < -0.4 is 16.0 Å². The van der Waals surface area contributed by atoms with Gasteiger partial charge in [0.1, 0.15) is 22.8 Å². The molecule has 1 aromatic carbocycles. The molecule has 3 atom stereocenters. The van der Waals surface area contributed by atoms with Gasteiger partial charge in [-0.3, -0.25) is 14.4 Å². The van der Waals surface area contributed by atoms with Crippen molar-refractivity contribution in [3.05, 3.63) is 45.4 Å². The Morgan fingerprint density at radius 1 is 1.19 bits per heavy atom. The Hall–Kier alpha value is -3.37. The lowest BCUT2D eigenvalue weighted by atomic mass is 9.60. The van der Waals surface area contributed by atoms with Crippen molar-refractivity contribution in [2.24, 2.45) is 17.6 Å². The van der Waals surface area contributed by atoms with Crippen molar-refractivity contribution >= 4 is 23.2 Å². The van der Waals surface area contributed by atoms with Gasteiger partial charge in [0.2, 0.25) is 5.78 Å². The van der Waals surface area contributed by atoms with Gasteiger partial charge < -0.3 is 36.4 Å². The smallest absolute Gasteiger partial charge is 0.255 e. The van der Waals surface area contributed by atoms with E-state index >= 15 is 0 Å². The molecule has 0 heterocycles. The van der Waals surface area contributed by atoms with Crippen LogP contribution in [0.5, 0.6) is 5.75 Å². The number of anilines is 1. The molecule has 0 saturated heterocycles. The van der Waals surface area contributed by atoms with Gasteiger partial charge in [-0.15, -0.1) is 0 Å². The number of primary amides is 1. The summed E-state index contributed by atoms with van der Waals surface area (Å²) in [6.07, 6.45) is 0.116. The van der Waals surface area contributed by atoms with E-state index < -0.39 is 52.0 Å². The van der Waals surface area contributed by atoms with Gasteiger partial charge in [0.15, 0.2) is 11.4 Å². The first-order valence-electron chi connectivity index (χ1n) is 11.9. The van der Waals surface area contributed by atoms with Crippen LogP contribution in [0.3, 0.4) is 0 Å². The van der Waals surface area contributed by atoms with E-state index in [-0.39, 0.29) is 48.2 Å². The predicted molar refractivity (Wildman–Crippen MR) is 132 cm³/mol. The number of allylic oxidation sites excluding steroid dienone is 2. The number of carbonyl (C=O) groups excluding carboxylic acids is 3. The van der Waals surface area contributed by atoms with Crippen LogP contribution in [0.4, 0.5) is 5.69 Å². The van der Waals surface area contributed by atoms with Crippen LogP contribution in [-0.2, 0) is 22.6 Å². The number of phenols is 1. The molecule has 10 heteroatoms. The number of fused-ring (bicyclic) bond motifs is 3. The van der Waals surface area contributed by atoms with E-state index in [1.54, 1.807) is 0 Å². The lowest BCUT2D eigenvalue weighted by Crippen LogP contribution is -2.57. The largest absolute Gasteiger partial charge is 0.511 e. The quantitative estimate of drug-likeness (QED) is 0.336. The maximum absolute atomic E-state index is 13.8. The minimum Gasteiger partial charge on any atom is -0.511 e. The number of nitrogens with one attached hydrogen (secondary N) is 1. The van der Waals surface area contributed by atoms with Crippen LogP contribution in [0.15, 0.2) is 28.7 Å². The summed E-state index contributed by atoms with van der Waals surface area (Å²) in [6.45, 7) is 6.20. The second-order valence-electron chi connectivity index (χ2n) is 11.2. The molecular weight excluding hydrogens is 466 g/mol. The molecule has 0 aliphatic heterocycles. The summed E-state index contributed by atoms with van der Waals surface area (Å²) in [6, 6.07) is 1.83. The molecule has 3 aliphatic rings. The van der Waals surface area contributed by atoms with Crippen LogP contribution in [-0.4, -0.2) is 63.1 Å². The Bertz CT molecular complexity index is 1250. The van der Waals surface area contributed by atoms with Crippen molar-refractivity contribution in [3.63, 3.8) is 0 Å². The van der Waals surface area contributed by atoms with Crippen molar-refractivity contribution in [1.82, 2.24) is 5.32 Å². The molecule has 0 bridgehead atoms. The number of nitrogens with two attached hydrogens (primary N) is 1. The fourth-order valence-electron chi connectivity index (χ4n) is 5.62. The molecule has 7 N–H and O–H groups in total. The number of aliphatic hydroxyl groups excluding tert-OH is 2. The monoisotopic (exact) mass is 499 g/mol. The Morgan fingerprint density at radius 2 is 1.83 bits per heavy atom. The zero-order chi connectivity index (χ0) is 26.9. The number of hydrogen-bond acceptors (Lipinski definition) is 9. The minimum absolute atomic E-state index is 0.0172. The summed E-state index contributed by atoms with van der Waals surface area (Å²) in [4.78, 5) is 40.5. The molecule has 4 rings (SSSR count). The van der Waals surface area contributed by atoms with Gasteiger partial charge in [-0.25, -0.2) is 0 Å². The third-order valence-corrected chi connectivity index (χ3v) is 7.41. The van der Waals surface area contributed by atoms with Crippen molar-refractivity contribution in [2.75, 3.05) is 19.0 Å². The summed E-state index contributed by atoms with van der Waals surface area (Å²) in [7, 11) is 3.66. The van der Waals surface area contributed by atoms with Crippen LogP contribution in [0.25, 0.3) is 0 Å². The lowest BCUT2D eigenvalue weighted by Gasteiger charge is -2.46. The topological polar surface area (TPSA) is 173 Å². The highest BCUT2D eigenvalue weighted by Gasteiger charge is 2.59. The number of phenolic OH excluding ortho intramolecular Hbond substituents is 1. The highest BCUT2D eigenvalue weighted by molar-refractivity contribution is 6.24. The number of benzene rings is 1. The molecular formula is C26H33N3O7. The van der Waals surface area contributed by atoms with Crippen molar-refractivity contribution in [3.8, 4) is 5.75 Å². The third kappa shape index (κ3) is 3.75. The lowest BCUT2D eigenvalue weighted by molar-refractivity contribution is -0.144. The number of aliphatic hydroxyl groups is 3. The molecule has 0 unspecified atom stereocenters. The SMILES string of the molecule is CN(C)c1cc(CNC(C)(C)C)c(O)c2c1C[C@H]1C[C@H]3CC(O)=C(C(N)=O)C(=O)[C@@]3(O)C(O)=C1C2=O. The molecule has 194 valence electrons. The summed E-state index contributed by atoms with van der Waals surface area (Å²) < 4.78 is 0. The minimum atomic E-state index is -2.57. The van der Waals surface area contributed by atoms with E-state index in [0.29, 0.717) is 11.1 Å². The first kappa shape index (κ1) is 25.7. The zero-order valence-electron chi connectivity index (χ0n) is 21.1. The second-order valence-corrected chi connectivity index (χ2v) is 11.2. The van der Waals surface area contributed by atoms with Gasteiger partial charge in [0.05, 0.1) is 5.56 Å². The number of ketones is 2. The molecule has 0 saturated carbocycles. The molecule has 0 fully saturated rings. The second kappa shape index (κ2) is 8.35. The Kier molecular flexibility index (Phi) is 5.96. The van der Waals surface area contributed by atoms with Gasteiger partial charge in [0.25, 0.3) is 5.91 Å². The van der Waals surface area contributed by atoms with Crippen LogP contribution in [0.2, 0.25) is 0 Å². The Labute approximate surface area is 209 Å². The van der Waals surface area contributed by atoms with Crippen molar-refractivity contribution in [1.29, 1.82) is 0 Å². The third-order valence-electron chi connectivity index (χ3n) is 7.41. The van der Waals surface area contributed by atoms with E-state index in [1.165, 1.54) is 0 Å². The van der Waals surface area contributed by atoms with E-state index in [0.717, 1.165) is 5.69 Å². The van der Waals surface area contributed by atoms with Gasteiger partial charge in [-0.2, -0.15) is 0 Å². The molecule has 3 aliphatic carbocycles. The summed E-state index contributed by atoms with van der Waals surface area (Å²) in [5.74, 6) is -6.28. The maximum atomic E-state index is 13.8. The number of hydrogen-bond donors (Lipinski definition) is 6. The normalized spacial score (nSPS) is 25.9. The van der Waals surface area contributed by atoms with Gasteiger partial charge >= 0.3 is 0 Å². The molecule has 0 spiro atoms. The maximum Gasteiger partial charge on any atom is 0.255 e. The van der Waals surface area contributed by atoms with E-state index in [2.05, 4.69) is 5.32 Å². The average Bonchev–Trinajstić information content (AvgIpc) is 2.74. The molecule has 10 nitrogen and oxygen atoms in total. The highest BCUT2D eigenvalue weighted by atomic mass is 16.3. The van der Waals surface area contributed by atoms with Crippen molar-refractivity contribution < 1.29 is 34.8 Å². The molecule has 36 heavy (non-hydrogen) atoms. The number of aromatic hydroxyl groups is 1.